The number of nitrogens with zero attached hydrogens (tertiary/aromatic N) is 2. The molecule has 1 amide bonds. The smallest absolute Gasteiger partial charge is 0.285 e. The van der Waals surface area contributed by atoms with Gasteiger partial charge < -0.3 is 4.57 Å². The van der Waals surface area contributed by atoms with Crippen molar-refractivity contribution in [1.82, 2.24) is 14.3 Å². The minimum atomic E-state index is -3.96. The largest absolute Gasteiger partial charge is 0.333 e. The van der Waals surface area contributed by atoms with Crippen molar-refractivity contribution in [3.05, 3.63) is 57.0 Å². The molecular weight excluding hydrogens is 394 g/mol. The Balaban J connectivity index is 1.91. The van der Waals surface area contributed by atoms with Crippen molar-refractivity contribution in [2.24, 2.45) is 7.05 Å². The van der Waals surface area contributed by atoms with Crippen LogP contribution >= 0.6 is 22.9 Å². The Hall–Kier alpha value is -2.16. The van der Waals surface area contributed by atoms with Gasteiger partial charge in [0, 0.05) is 28.6 Å². The van der Waals surface area contributed by atoms with Crippen molar-refractivity contribution < 1.29 is 13.2 Å². The second kappa shape index (κ2) is 6.86. The van der Waals surface area contributed by atoms with Gasteiger partial charge >= 0.3 is 0 Å². The molecule has 2 aromatic heterocycles. The third-order valence-corrected chi connectivity index (χ3v) is 6.62. The van der Waals surface area contributed by atoms with E-state index in [1.54, 1.807) is 42.8 Å². The van der Waals surface area contributed by atoms with Gasteiger partial charge in [-0.2, -0.15) is 0 Å². The number of aryl methyl sites for hydroxylation is 3. The molecular formula is C17H16ClN3O3S2. The number of halogens is 1. The van der Waals surface area contributed by atoms with Crippen LogP contribution in [0, 0.1) is 13.8 Å². The van der Waals surface area contributed by atoms with Crippen molar-refractivity contribution in [2.75, 3.05) is 0 Å². The molecule has 0 fully saturated rings. The fourth-order valence-electron chi connectivity index (χ4n) is 2.57. The third kappa shape index (κ3) is 3.53. The molecule has 0 unspecified atom stereocenters. The van der Waals surface area contributed by atoms with Gasteiger partial charge in [0.2, 0.25) is 0 Å². The highest BCUT2D eigenvalue weighted by Gasteiger charge is 2.24. The lowest BCUT2D eigenvalue weighted by molar-refractivity contribution is 0.0977. The van der Waals surface area contributed by atoms with E-state index in [2.05, 4.69) is 9.71 Å². The van der Waals surface area contributed by atoms with E-state index >= 15 is 0 Å². The first-order valence-electron chi connectivity index (χ1n) is 7.61. The van der Waals surface area contributed by atoms with Crippen LogP contribution in [-0.4, -0.2) is 23.9 Å². The van der Waals surface area contributed by atoms with E-state index in [0.29, 0.717) is 21.3 Å². The highest BCUT2D eigenvalue weighted by molar-refractivity contribution is 7.90. The maximum absolute atomic E-state index is 12.5. The minimum Gasteiger partial charge on any atom is -0.333 e. The van der Waals surface area contributed by atoms with Crippen molar-refractivity contribution in [1.29, 1.82) is 0 Å². The summed E-state index contributed by atoms with van der Waals surface area (Å²) in [7, 11) is -2.25. The summed E-state index contributed by atoms with van der Waals surface area (Å²) >= 11 is 7.54. The summed E-state index contributed by atoms with van der Waals surface area (Å²) in [6, 6.07) is 8.64. The van der Waals surface area contributed by atoms with E-state index in [9.17, 15) is 13.2 Å². The zero-order chi connectivity index (χ0) is 19.1. The SMILES string of the molecule is Cc1cc(S(=O)(=O)NC(=O)c2cn(C)c(-c3ccccc3Cl)n2)c(C)s1. The van der Waals surface area contributed by atoms with Gasteiger partial charge in [0.05, 0.1) is 5.02 Å². The molecule has 136 valence electrons. The van der Waals surface area contributed by atoms with E-state index in [1.807, 2.05) is 13.0 Å². The van der Waals surface area contributed by atoms with Crippen LogP contribution in [0.3, 0.4) is 0 Å². The summed E-state index contributed by atoms with van der Waals surface area (Å²) in [4.78, 5) is 18.3. The minimum absolute atomic E-state index is 0.00407. The first kappa shape index (κ1) is 18.6. The number of carbonyl (C=O) groups excluding carboxylic acids is 1. The average Bonchev–Trinajstić information content (AvgIpc) is 3.10. The number of carbonyl (C=O) groups is 1. The summed E-state index contributed by atoms with van der Waals surface area (Å²) < 4.78 is 28.7. The number of imidazole rings is 1. The van der Waals surface area contributed by atoms with Crippen LogP contribution in [0.2, 0.25) is 5.02 Å². The van der Waals surface area contributed by atoms with Crippen molar-refractivity contribution >= 4 is 38.9 Å². The summed E-state index contributed by atoms with van der Waals surface area (Å²) in [5, 5.41) is 0.491. The molecule has 0 bridgehead atoms. The summed E-state index contributed by atoms with van der Waals surface area (Å²) in [6.07, 6.45) is 1.47. The second-order valence-electron chi connectivity index (χ2n) is 5.75. The molecule has 0 aliphatic carbocycles. The Labute approximate surface area is 160 Å². The molecule has 0 aliphatic heterocycles. The van der Waals surface area contributed by atoms with Crippen LogP contribution in [0.15, 0.2) is 41.4 Å². The van der Waals surface area contributed by atoms with Gasteiger partial charge in [-0.15, -0.1) is 11.3 Å². The van der Waals surface area contributed by atoms with Crippen LogP contribution < -0.4 is 4.72 Å². The molecule has 2 heterocycles. The highest BCUT2D eigenvalue weighted by Crippen LogP contribution is 2.27. The van der Waals surface area contributed by atoms with Gasteiger partial charge in [0.1, 0.15) is 16.4 Å². The molecule has 0 radical (unpaired) electrons. The van der Waals surface area contributed by atoms with Gasteiger partial charge in [-0.1, -0.05) is 23.7 Å². The predicted octanol–water partition coefficient (Wildman–Crippen LogP) is 3.54. The Morgan fingerprint density at radius 2 is 1.96 bits per heavy atom. The first-order chi connectivity index (χ1) is 12.2. The number of benzene rings is 1. The monoisotopic (exact) mass is 409 g/mol. The normalized spacial score (nSPS) is 11.5. The highest BCUT2D eigenvalue weighted by atomic mass is 35.5. The second-order valence-corrected chi connectivity index (χ2v) is 9.27. The molecule has 26 heavy (non-hydrogen) atoms. The van der Waals surface area contributed by atoms with Gasteiger partial charge in [0.25, 0.3) is 15.9 Å². The number of amides is 1. The maximum atomic E-state index is 12.5. The van der Waals surface area contributed by atoms with E-state index in [-0.39, 0.29) is 10.6 Å². The van der Waals surface area contributed by atoms with Crippen LogP contribution in [0.5, 0.6) is 0 Å². The third-order valence-electron chi connectivity index (χ3n) is 3.74. The number of rotatable bonds is 4. The van der Waals surface area contributed by atoms with Gasteiger partial charge in [-0.3, -0.25) is 4.79 Å². The zero-order valence-electron chi connectivity index (χ0n) is 14.3. The Morgan fingerprint density at radius 1 is 1.27 bits per heavy atom. The molecule has 0 spiro atoms. The van der Waals surface area contributed by atoms with Crippen molar-refractivity contribution in [3.63, 3.8) is 0 Å². The topological polar surface area (TPSA) is 81.1 Å². The molecule has 0 aliphatic rings. The maximum Gasteiger partial charge on any atom is 0.285 e. The number of thiophene rings is 1. The van der Waals surface area contributed by atoms with E-state index in [1.165, 1.54) is 17.5 Å². The van der Waals surface area contributed by atoms with Crippen LogP contribution in [0.4, 0.5) is 0 Å². The van der Waals surface area contributed by atoms with Crippen molar-refractivity contribution in [3.8, 4) is 11.4 Å². The zero-order valence-corrected chi connectivity index (χ0v) is 16.7. The number of aromatic nitrogens is 2. The van der Waals surface area contributed by atoms with E-state index < -0.39 is 15.9 Å². The quantitative estimate of drug-likeness (QED) is 0.714. The number of sulfonamides is 1. The fourth-order valence-corrected chi connectivity index (χ4v) is 5.31. The number of hydrogen-bond donors (Lipinski definition) is 1. The molecule has 1 aromatic carbocycles. The number of nitrogens with one attached hydrogen (secondary N) is 1. The molecule has 1 N–H and O–H groups in total. The Morgan fingerprint density at radius 3 is 2.58 bits per heavy atom. The van der Waals surface area contributed by atoms with Crippen LogP contribution in [0.25, 0.3) is 11.4 Å². The molecule has 0 saturated carbocycles. The van der Waals surface area contributed by atoms with E-state index in [0.717, 1.165) is 4.88 Å². The van der Waals surface area contributed by atoms with Gasteiger partial charge in [-0.25, -0.2) is 18.1 Å². The van der Waals surface area contributed by atoms with E-state index in [4.69, 9.17) is 11.6 Å². The molecule has 3 rings (SSSR count). The molecule has 0 saturated heterocycles. The van der Waals surface area contributed by atoms with Crippen LogP contribution in [0.1, 0.15) is 20.2 Å². The van der Waals surface area contributed by atoms with Gasteiger partial charge in [-0.05, 0) is 32.0 Å². The lowest BCUT2D eigenvalue weighted by Gasteiger charge is -2.04. The van der Waals surface area contributed by atoms with Crippen molar-refractivity contribution in [2.45, 2.75) is 18.7 Å². The molecule has 0 atom stereocenters. The first-order valence-corrected chi connectivity index (χ1v) is 10.3. The summed E-state index contributed by atoms with van der Waals surface area (Å²) in [5.41, 5.74) is 0.651. The molecule has 3 aromatic rings. The average molecular weight is 410 g/mol. The Kier molecular flexibility index (Phi) is 4.92. The summed E-state index contributed by atoms with van der Waals surface area (Å²) in [5.74, 6) is -0.317. The molecule has 9 heteroatoms. The van der Waals surface area contributed by atoms with Gasteiger partial charge in [0.15, 0.2) is 0 Å². The molecule has 6 nitrogen and oxygen atoms in total. The summed E-state index contributed by atoms with van der Waals surface area (Å²) in [6.45, 7) is 3.51. The lowest BCUT2D eigenvalue weighted by Crippen LogP contribution is -2.31. The lowest BCUT2D eigenvalue weighted by atomic mass is 10.2. The Bertz CT molecular complexity index is 1100. The van der Waals surface area contributed by atoms with Crippen LogP contribution in [-0.2, 0) is 17.1 Å². The number of hydrogen-bond acceptors (Lipinski definition) is 5. The predicted molar refractivity (Wildman–Crippen MR) is 102 cm³/mol. The fraction of sp³-hybridized carbons (Fsp3) is 0.176. The standard InChI is InChI=1S/C17H16ClN3O3S2/c1-10-8-15(11(2)25-10)26(23,24)20-17(22)14-9-21(3)16(19-14)12-6-4-5-7-13(12)18/h4-9H,1-3H3,(H,20,22).